The number of hydrogen-bond donors (Lipinski definition) is 1. The lowest BCUT2D eigenvalue weighted by molar-refractivity contribution is 0.151. The summed E-state index contributed by atoms with van der Waals surface area (Å²) >= 11 is 3.14. The quantitative estimate of drug-likeness (QED) is 0.909. The van der Waals surface area contributed by atoms with Gasteiger partial charge in [0.25, 0.3) is 6.43 Å². The van der Waals surface area contributed by atoms with E-state index in [1.165, 1.54) is 12.3 Å². The van der Waals surface area contributed by atoms with E-state index in [-0.39, 0.29) is 17.8 Å². The fraction of sp³-hybridized carbons (Fsp3) is 0.200. The third-order valence-electron chi connectivity index (χ3n) is 2.15. The molecule has 80 valence electrons. The molecule has 0 aliphatic heterocycles. The second-order valence-corrected chi connectivity index (χ2v) is 4.01. The molecule has 0 fully saturated rings. The van der Waals surface area contributed by atoms with Gasteiger partial charge in [-0.2, -0.15) is 0 Å². The molecule has 15 heavy (non-hydrogen) atoms. The Hall–Kier alpha value is -0.940. The summed E-state index contributed by atoms with van der Waals surface area (Å²) in [7, 11) is 0. The first-order valence-corrected chi connectivity index (χ1v) is 5.01. The smallest absolute Gasteiger partial charge is 0.267 e. The minimum absolute atomic E-state index is 0.136. The van der Waals surface area contributed by atoms with Crippen LogP contribution in [-0.4, -0.2) is 5.11 Å². The Morgan fingerprint density at radius 3 is 2.73 bits per heavy atom. The average Bonchev–Trinajstić information content (AvgIpc) is 2.58. The summed E-state index contributed by atoms with van der Waals surface area (Å²) < 4.78 is 30.9. The lowest BCUT2D eigenvalue weighted by Crippen LogP contribution is -1.86. The zero-order valence-corrected chi connectivity index (χ0v) is 9.09. The molecule has 0 aliphatic carbocycles. The zero-order chi connectivity index (χ0) is 11.0. The van der Waals surface area contributed by atoms with Crippen molar-refractivity contribution in [2.75, 3.05) is 0 Å². The van der Waals surface area contributed by atoms with Crippen LogP contribution in [0.4, 0.5) is 8.78 Å². The van der Waals surface area contributed by atoms with Gasteiger partial charge < -0.3 is 9.52 Å². The van der Waals surface area contributed by atoms with Crippen molar-refractivity contribution in [3.63, 3.8) is 0 Å². The fourth-order valence-corrected chi connectivity index (χ4v) is 1.94. The van der Waals surface area contributed by atoms with Gasteiger partial charge in [-0.1, -0.05) is 15.9 Å². The lowest BCUT2D eigenvalue weighted by atomic mass is 10.1. The number of benzene rings is 1. The van der Waals surface area contributed by atoms with Crippen molar-refractivity contribution in [1.82, 2.24) is 0 Å². The molecule has 1 N–H and O–H groups in total. The predicted molar refractivity (Wildman–Crippen MR) is 54.8 cm³/mol. The Bertz CT molecular complexity index is 493. The Kier molecular flexibility index (Phi) is 2.75. The van der Waals surface area contributed by atoms with Gasteiger partial charge in [-0.25, -0.2) is 8.78 Å². The van der Waals surface area contributed by atoms with E-state index in [4.69, 9.17) is 9.52 Å². The van der Waals surface area contributed by atoms with Crippen LogP contribution in [0.3, 0.4) is 0 Å². The van der Waals surface area contributed by atoms with Crippen molar-refractivity contribution in [2.45, 2.75) is 13.0 Å². The van der Waals surface area contributed by atoms with Gasteiger partial charge in [0.2, 0.25) is 0 Å². The summed E-state index contributed by atoms with van der Waals surface area (Å²) in [5, 5.41) is 9.50. The highest BCUT2D eigenvalue weighted by Gasteiger charge is 2.17. The summed E-state index contributed by atoms with van der Waals surface area (Å²) in [4.78, 5) is 0. The van der Waals surface area contributed by atoms with E-state index in [1.807, 2.05) is 0 Å². The molecular weight excluding hydrogens is 270 g/mol. The van der Waals surface area contributed by atoms with Gasteiger partial charge in [0, 0.05) is 15.4 Å². The molecule has 2 rings (SSSR count). The van der Waals surface area contributed by atoms with Gasteiger partial charge in [0.05, 0.1) is 18.4 Å². The number of aliphatic hydroxyl groups excluding tert-OH is 1. The summed E-state index contributed by atoms with van der Waals surface area (Å²) in [6.07, 6.45) is -1.30. The number of aliphatic hydroxyl groups is 1. The Balaban J connectivity index is 2.76. The highest BCUT2D eigenvalue weighted by Crippen LogP contribution is 2.33. The monoisotopic (exact) mass is 276 g/mol. The maximum atomic E-state index is 12.6. The Morgan fingerprint density at radius 2 is 2.13 bits per heavy atom. The van der Waals surface area contributed by atoms with Crippen molar-refractivity contribution in [3.8, 4) is 0 Å². The van der Waals surface area contributed by atoms with Crippen LogP contribution in [0.25, 0.3) is 11.0 Å². The number of alkyl halides is 2. The van der Waals surface area contributed by atoms with Crippen LogP contribution in [0, 0.1) is 0 Å². The first-order chi connectivity index (χ1) is 7.13. The van der Waals surface area contributed by atoms with E-state index in [0.717, 1.165) is 0 Å². The minimum Gasteiger partial charge on any atom is -0.463 e. The van der Waals surface area contributed by atoms with Crippen LogP contribution in [0.5, 0.6) is 0 Å². The van der Waals surface area contributed by atoms with Crippen molar-refractivity contribution in [3.05, 3.63) is 34.0 Å². The molecule has 0 amide bonds. The van der Waals surface area contributed by atoms with Crippen molar-refractivity contribution in [1.29, 1.82) is 0 Å². The summed E-state index contributed by atoms with van der Waals surface area (Å²) in [6.45, 7) is -0.230. The molecule has 0 atom stereocenters. The number of hydrogen-bond acceptors (Lipinski definition) is 2. The molecule has 2 aromatic rings. The second-order valence-electron chi connectivity index (χ2n) is 3.09. The number of furan rings is 1. The van der Waals surface area contributed by atoms with Crippen molar-refractivity contribution in [2.24, 2.45) is 0 Å². The third kappa shape index (κ3) is 1.77. The van der Waals surface area contributed by atoms with Gasteiger partial charge in [0.15, 0.2) is 0 Å². The Labute approximate surface area is 92.6 Å². The number of rotatable bonds is 2. The van der Waals surface area contributed by atoms with Crippen LogP contribution in [-0.2, 0) is 6.61 Å². The SMILES string of the molecule is OCc1coc2c(C(F)F)cc(Br)cc12. The zero-order valence-electron chi connectivity index (χ0n) is 7.51. The molecule has 0 unspecified atom stereocenters. The molecule has 2 nitrogen and oxygen atoms in total. The van der Waals surface area contributed by atoms with Gasteiger partial charge >= 0.3 is 0 Å². The maximum absolute atomic E-state index is 12.6. The van der Waals surface area contributed by atoms with Crippen LogP contribution >= 0.6 is 15.9 Å². The third-order valence-corrected chi connectivity index (χ3v) is 2.61. The molecular formula is C10H7BrF2O2. The maximum Gasteiger partial charge on any atom is 0.267 e. The highest BCUT2D eigenvalue weighted by molar-refractivity contribution is 9.10. The second kappa shape index (κ2) is 3.90. The van der Waals surface area contributed by atoms with E-state index in [0.29, 0.717) is 15.4 Å². The lowest BCUT2D eigenvalue weighted by Gasteiger charge is -2.02. The van der Waals surface area contributed by atoms with Crippen LogP contribution in [0.1, 0.15) is 17.6 Å². The number of fused-ring (bicyclic) bond motifs is 1. The standard InChI is InChI=1S/C10H7BrF2O2/c11-6-1-7-5(3-14)4-15-9(7)8(2-6)10(12)13/h1-2,4,10,14H,3H2. The topological polar surface area (TPSA) is 33.4 Å². The van der Waals surface area contributed by atoms with E-state index in [1.54, 1.807) is 6.07 Å². The van der Waals surface area contributed by atoms with Crippen molar-refractivity contribution >= 4 is 26.9 Å². The largest absolute Gasteiger partial charge is 0.463 e. The Morgan fingerprint density at radius 1 is 1.40 bits per heavy atom. The normalized spacial score (nSPS) is 11.5. The molecule has 0 aliphatic rings. The predicted octanol–water partition coefficient (Wildman–Crippen LogP) is 3.63. The van der Waals surface area contributed by atoms with Gasteiger partial charge in [-0.15, -0.1) is 0 Å². The molecule has 0 spiro atoms. The van der Waals surface area contributed by atoms with Crippen LogP contribution < -0.4 is 0 Å². The van der Waals surface area contributed by atoms with Gasteiger partial charge in [0.1, 0.15) is 5.58 Å². The van der Waals surface area contributed by atoms with E-state index < -0.39 is 6.43 Å². The molecule has 0 radical (unpaired) electrons. The average molecular weight is 277 g/mol. The number of halogens is 3. The highest BCUT2D eigenvalue weighted by atomic mass is 79.9. The fourth-order valence-electron chi connectivity index (χ4n) is 1.46. The molecule has 0 saturated heterocycles. The molecule has 5 heteroatoms. The van der Waals surface area contributed by atoms with Crippen molar-refractivity contribution < 1.29 is 18.3 Å². The van der Waals surface area contributed by atoms with E-state index in [9.17, 15) is 8.78 Å². The molecule has 1 heterocycles. The van der Waals surface area contributed by atoms with Gasteiger partial charge in [-0.3, -0.25) is 0 Å². The summed E-state index contributed by atoms with van der Waals surface area (Å²) in [5.41, 5.74) is 0.476. The van der Waals surface area contributed by atoms with E-state index in [2.05, 4.69) is 15.9 Å². The summed E-state index contributed by atoms with van der Waals surface area (Å²) in [5.74, 6) is 0. The van der Waals surface area contributed by atoms with E-state index >= 15 is 0 Å². The first kappa shape index (κ1) is 10.6. The molecule has 1 aromatic heterocycles. The molecule has 0 bridgehead atoms. The first-order valence-electron chi connectivity index (χ1n) is 4.22. The van der Waals surface area contributed by atoms with Crippen LogP contribution in [0.15, 0.2) is 27.3 Å². The minimum atomic E-state index is -2.59. The summed E-state index contributed by atoms with van der Waals surface area (Å²) in [6, 6.07) is 2.97. The van der Waals surface area contributed by atoms with Crippen LogP contribution in [0.2, 0.25) is 0 Å². The molecule has 1 aromatic carbocycles. The molecule has 0 saturated carbocycles. The van der Waals surface area contributed by atoms with Gasteiger partial charge in [-0.05, 0) is 12.1 Å².